The van der Waals surface area contributed by atoms with E-state index in [4.69, 9.17) is 0 Å². The van der Waals surface area contributed by atoms with E-state index in [9.17, 15) is 5.11 Å². The molecule has 0 aromatic heterocycles. The van der Waals surface area contributed by atoms with Crippen LogP contribution in [0, 0.1) is 0 Å². The summed E-state index contributed by atoms with van der Waals surface area (Å²) in [5.74, 6) is 0. The average molecular weight is 245 g/mol. The van der Waals surface area contributed by atoms with E-state index in [0.717, 1.165) is 31.2 Å². The molecule has 96 valence electrons. The first-order valence-corrected chi connectivity index (χ1v) is 7.90. The van der Waals surface area contributed by atoms with Crippen LogP contribution in [0.2, 0.25) is 0 Å². The van der Waals surface area contributed by atoms with Crippen LogP contribution in [-0.2, 0) is 0 Å². The number of hydrogen-bond acceptors (Lipinski definition) is 3. The summed E-state index contributed by atoms with van der Waals surface area (Å²) >= 11 is 1.98. The summed E-state index contributed by atoms with van der Waals surface area (Å²) in [7, 11) is 0. The number of nitrogens with zero attached hydrogens (tertiary/aromatic N) is 1. The monoisotopic (exact) mass is 245 g/mol. The Bertz CT molecular complexity index is 194. The topological polar surface area (TPSA) is 23.5 Å². The maximum absolute atomic E-state index is 10.4. The van der Waals surface area contributed by atoms with Gasteiger partial charge in [0.15, 0.2) is 0 Å². The van der Waals surface area contributed by atoms with Crippen molar-refractivity contribution < 1.29 is 5.11 Å². The quantitative estimate of drug-likeness (QED) is 0.805. The highest BCUT2D eigenvalue weighted by Crippen LogP contribution is 2.23. The van der Waals surface area contributed by atoms with Crippen molar-refractivity contribution in [3.63, 3.8) is 0 Å². The Morgan fingerprint density at radius 2 is 2.00 bits per heavy atom. The van der Waals surface area contributed by atoms with Crippen LogP contribution in [-0.4, -0.2) is 46.7 Å². The fourth-order valence-electron chi connectivity index (χ4n) is 2.40. The number of likely N-dealkylation sites (tertiary alicyclic amines) is 1. The van der Waals surface area contributed by atoms with Crippen molar-refractivity contribution >= 4 is 11.8 Å². The van der Waals surface area contributed by atoms with Gasteiger partial charge in [-0.05, 0) is 38.5 Å². The van der Waals surface area contributed by atoms with E-state index in [1.54, 1.807) is 0 Å². The van der Waals surface area contributed by atoms with Gasteiger partial charge in [0.2, 0.25) is 0 Å². The third kappa shape index (κ3) is 4.27. The van der Waals surface area contributed by atoms with E-state index in [-0.39, 0.29) is 0 Å². The zero-order valence-electron chi connectivity index (χ0n) is 11.0. The lowest BCUT2D eigenvalue weighted by molar-refractivity contribution is -0.00221. The predicted octanol–water partition coefficient (Wildman–Crippen LogP) is 2.76. The molecule has 0 aromatic rings. The van der Waals surface area contributed by atoms with Crippen molar-refractivity contribution in [2.75, 3.05) is 25.9 Å². The molecule has 1 unspecified atom stereocenters. The largest absolute Gasteiger partial charge is 0.389 e. The van der Waals surface area contributed by atoms with Gasteiger partial charge in [0.1, 0.15) is 0 Å². The number of rotatable bonds is 5. The first kappa shape index (κ1) is 14.3. The SMILES string of the molecule is CCC(O)(CC)CN1CCCCC(SC)C1. The normalized spacial score (nSPS) is 24.4. The second kappa shape index (κ2) is 6.87. The Morgan fingerprint density at radius 3 is 2.56 bits per heavy atom. The summed E-state index contributed by atoms with van der Waals surface area (Å²) in [4.78, 5) is 2.47. The van der Waals surface area contributed by atoms with Gasteiger partial charge in [-0.15, -0.1) is 0 Å². The Labute approximate surface area is 105 Å². The van der Waals surface area contributed by atoms with Gasteiger partial charge in [0.25, 0.3) is 0 Å². The molecule has 0 aromatic carbocycles. The van der Waals surface area contributed by atoms with E-state index >= 15 is 0 Å². The molecule has 1 N–H and O–H groups in total. The molecule has 1 fully saturated rings. The van der Waals surface area contributed by atoms with Crippen LogP contribution in [0.3, 0.4) is 0 Å². The summed E-state index contributed by atoms with van der Waals surface area (Å²) in [6.07, 6.45) is 7.92. The van der Waals surface area contributed by atoms with Crippen molar-refractivity contribution in [1.29, 1.82) is 0 Å². The molecular weight excluding hydrogens is 218 g/mol. The zero-order valence-corrected chi connectivity index (χ0v) is 11.9. The number of β-amino-alcohol motifs (C(OH)–C–C–N with tert-alkyl or cyclic N) is 1. The van der Waals surface area contributed by atoms with Crippen LogP contribution in [0.15, 0.2) is 0 Å². The molecule has 3 heteroatoms. The molecule has 0 saturated carbocycles. The predicted molar refractivity (Wildman–Crippen MR) is 73.1 cm³/mol. The summed E-state index contributed by atoms with van der Waals surface area (Å²) in [5, 5.41) is 11.1. The lowest BCUT2D eigenvalue weighted by Crippen LogP contribution is -2.44. The minimum atomic E-state index is -0.465. The fraction of sp³-hybridized carbons (Fsp3) is 1.00. The molecule has 0 aliphatic carbocycles. The molecule has 0 radical (unpaired) electrons. The van der Waals surface area contributed by atoms with Crippen molar-refractivity contribution in [3.8, 4) is 0 Å². The zero-order chi connectivity index (χ0) is 12.0. The van der Waals surface area contributed by atoms with E-state index < -0.39 is 5.60 Å². The standard InChI is InChI=1S/C13H27NOS/c1-4-13(15,5-2)11-14-9-7-6-8-12(10-14)16-3/h12,15H,4-11H2,1-3H3. The molecule has 1 rings (SSSR count). The fourth-order valence-corrected chi connectivity index (χ4v) is 3.17. The molecule has 1 heterocycles. The molecule has 1 aliphatic rings. The Hall–Kier alpha value is 0.270. The van der Waals surface area contributed by atoms with Gasteiger partial charge in [-0.25, -0.2) is 0 Å². The van der Waals surface area contributed by atoms with Crippen molar-refractivity contribution in [2.45, 2.75) is 56.8 Å². The number of thioether (sulfide) groups is 1. The third-order valence-corrected chi connectivity index (χ3v) is 4.93. The lowest BCUT2D eigenvalue weighted by atomic mass is 9.97. The van der Waals surface area contributed by atoms with Crippen LogP contribution in [0.5, 0.6) is 0 Å². The first-order chi connectivity index (χ1) is 7.63. The van der Waals surface area contributed by atoms with Crippen molar-refractivity contribution in [1.82, 2.24) is 4.90 Å². The van der Waals surface area contributed by atoms with Crippen LogP contribution in [0.25, 0.3) is 0 Å². The van der Waals surface area contributed by atoms with Gasteiger partial charge in [-0.3, -0.25) is 4.90 Å². The molecule has 16 heavy (non-hydrogen) atoms. The highest BCUT2D eigenvalue weighted by molar-refractivity contribution is 7.99. The molecule has 0 amide bonds. The molecule has 0 bridgehead atoms. The van der Waals surface area contributed by atoms with Gasteiger partial charge in [0, 0.05) is 18.3 Å². The highest BCUT2D eigenvalue weighted by Gasteiger charge is 2.27. The average Bonchev–Trinajstić information content (AvgIpc) is 2.54. The lowest BCUT2D eigenvalue weighted by Gasteiger charge is -2.33. The second-order valence-electron chi connectivity index (χ2n) is 5.02. The van der Waals surface area contributed by atoms with Gasteiger partial charge in [-0.1, -0.05) is 20.3 Å². The van der Waals surface area contributed by atoms with Crippen molar-refractivity contribution in [2.24, 2.45) is 0 Å². The van der Waals surface area contributed by atoms with E-state index in [1.165, 1.54) is 25.8 Å². The van der Waals surface area contributed by atoms with E-state index in [1.807, 2.05) is 11.8 Å². The molecule has 1 atom stereocenters. The van der Waals surface area contributed by atoms with Crippen LogP contribution >= 0.6 is 11.8 Å². The summed E-state index contributed by atoms with van der Waals surface area (Å²) in [6.45, 7) is 7.36. The minimum absolute atomic E-state index is 0.465. The summed E-state index contributed by atoms with van der Waals surface area (Å²) in [6, 6.07) is 0. The highest BCUT2D eigenvalue weighted by atomic mass is 32.2. The second-order valence-corrected chi connectivity index (χ2v) is 6.16. The molecule has 1 aliphatic heterocycles. The van der Waals surface area contributed by atoms with Crippen LogP contribution < -0.4 is 0 Å². The summed E-state index contributed by atoms with van der Waals surface area (Å²) in [5.41, 5.74) is -0.465. The summed E-state index contributed by atoms with van der Waals surface area (Å²) < 4.78 is 0. The molecule has 1 saturated heterocycles. The number of hydrogen-bond donors (Lipinski definition) is 1. The molecule has 0 spiro atoms. The molecular formula is C13H27NOS. The smallest absolute Gasteiger partial charge is 0.0768 e. The maximum Gasteiger partial charge on any atom is 0.0768 e. The van der Waals surface area contributed by atoms with Gasteiger partial charge >= 0.3 is 0 Å². The molecule has 2 nitrogen and oxygen atoms in total. The van der Waals surface area contributed by atoms with Crippen LogP contribution in [0.1, 0.15) is 46.0 Å². The first-order valence-electron chi connectivity index (χ1n) is 6.61. The minimum Gasteiger partial charge on any atom is -0.389 e. The Morgan fingerprint density at radius 1 is 1.31 bits per heavy atom. The van der Waals surface area contributed by atoms with E-state index in [2.05, 4.69) is 25.0 Å². The third-order valence-electron chi connectivity index (χ3n) is 3.88. The Balaban J connectivity index is 2.50. The van der Waals surface area contributed by atoms with Crippen molar-refractivity contribution in [3.05, 3.63) is 0 Å². The maximum atomic E-state index is 10.4. The van der Waals surface area contributed by atoms with E-state index in [0.29, 0.717) is 0 Å². The van der Waals surface area contributed by atoms with Gasteiger partial charge in [-0.2, -0.15) is 11.8 Å². The Kier molecular flexibility index (Phi) is 6.16. The van der Waals surface area contributed by atoms with Crippen LogP contribution in [0.4, 0.5) is 0 Å². The van der Waals surface area contributed by atoms with Gasteiger partial charge < -0.3 is 5.11 Å². The van der Waals surface area contributed by atoms with Gasteiger partial charge in [0.05, 0.1) is 5.60 Å². The number of aliphatic hydroxyl groups is 1.